The Morgan fingerprint density at radius 2 is 1.89 bits per heavy atom. The first-order valence-corrected chi connectivity index (χ1v) is 13.3. The van der Waals surface area contributed by atoms with Crippen molar-refractivity contribution in [1.29, 1.82) is 0 Å². The van der Waals surface area contributed by atoms with Crippen LogP contribution in [0.5, 0.6) is 11.5 Å². The lowest BCUT2D eigenvalue weighted by Gasteiger charge is -2.12. The molecule has 0 atom stereocenters. The van der Waals surface area contributed by atoms with Crippen LogP contribution >= 0.6 is 11.8 Å². The first-order valence-electron chi connectivity index (χ1n) is 12.5. The van der Waals surface area contributed by atoms with Gasteiger partial charge in [0.1, 0.15) is 0 Å². The molecule has 0 aliphatic carbocycles. The van der Waals surface area contributed by atoms with Crippen LogP contribution in [-0.2, 0) is 4.79 Å². The van der Waals surface area contributed by atoms with Crippen molar-refractivity contribution in [2.75, 3.05) is 20.3 Å². The van der Waals surface area contributed by atoms with Gasteiger partial charge < -0.3 is 14.6 Å². The van der Waals surface area contributed by atoms with Crippen LogP contribution in [0, 0.1) is 0 Å². The quantitative estimate of drug-likeness (QED) is 0.165. The van der Waals surface area contributed by atoms with Gasteiger partial charge in [-0.2, -0.15) is 0 Å². The third kappa shape index (κ3) is 7.98. The summed E-state index contributed by atoms with van der Waals surface area (Å²) in [5.41, 5.74) is 1.39. The number of carbonyl (C=O) groups is 2. The van der Waals surface area contributed by atoms with Crippen LogP contribution in [0.4, 0.5) is 5.69 Å². The van der Waals surface area contributed by atoms with Crippen LogP contribution in [0.1, 0.15) is 61.4 Å². The average molecular weight is 523 g/mol. The fourth-order valence-corrected chi connectivity index (χ4v) is 4.82. The van der Waals surface area contributed by atoms with E-state index in [1.807, 2.05) is 18.2 Å². The van der Waals surface area contributed by atoms with Gasteiger partial charge in [0.25, 0.3) is 5.91 Å². The summed E-state index contributed by atoms with van der Waals surface area (Å²) in [6.45, 7) is 6.88. The molecular weight excluding hydrogens is 488 g/mol. The molecule has 0 bridgehead atoms. The molecule has 1 fully saturated rings. The Balaban J connectivity index is 1.74. The first kappa shape index (κ1) is 28.1. The van der Waals surface area contributed by atoms with Gasteiger partial charge in [0, 0.05) is 6.54 Å². The maximum atomic E-state index is 13.1. The number of benzene rings is 2. The molecule has 1 amide bonds. The van der Waals surface area contributed by atoms with Gasteiger partial charge in [-0.25, -0.2) is 9.79 Å². The number of amides is 1. The number of carboxylic acid groups (broad SMARTS) is 1. The molecule has 0 aromatic heterocycles. The number of aromatic carboxylic acids is 1. The second-order valence-corrected chi connectivity index (χ2v) is 9.60. The Morgan fingerprint density at radius 1 is 1.11 bits per heavy atom. The van der Waals surface area contributed by atoms with E-state index in [-0.39, 0.29) is 18.0 Å². The zero-order valence-electron chi connectivity index (χ0n) is 21.4. The average Bonchev–Trinajstić information content (AvgIpc) is 3.17. The van der Waals surface area contributed by atoms with E-state index in [0.29, 0.717) is 33.9 Å². The van der Waals surface area contributed by atoms with E-state index in [0.717, 1.165) is 18.4 Å². The minimum absolute atomic E-state index is 0.133. The summed E-state index contributed by atoms with van der Waals surface area (Å²) in [5, 5.41) is 9.72. The standard InChI is InChI=1S/C29H34N2O5S/c1-4-6-7-8-9-10-17-36-24-15-14-21(18-25(24)35-3)19-26-27(32)31(16-5-2)29(37-26)30-23-13-11-12-22(20-23)28(33)34/h5,11-15,18-20H,2,4,6-10,16-17H2,1,3H3,(H,33,34)/b26-19-,30-29?. The fourth-order valence-electron chi connectivity index (χ4n) is 3.81. The molecule has 2 aromatic rings. The zero-order valence-corrected chi connectivity index (χ0v) is 22.3. The molecule has 0 radical (unpaired) electrons. The van der Waals surface area contributed by atoms with Crippen molar-refractivity contribution in [3.63, 3.8) is 0 Å². The van der Waals surface area contributed by atoms with Crippen molar-refractivity contribution in [1.82, 2.24) is 4.90 Å². The van der Waals surface area contributed by atoms with Gasteiger partial charge >= 0.3 is 5.97 Å². The highest BCUT2D eigenvalue weighted by atomic mass is 32.2. The SMILES string of the molecule is C=CCN1C(=O)/C(=C/c2ccc(OCCCCCCCC)c(OC)c2)SC1=Nc1cccc(C(=O)O)c1. The molecule has 1 aliphatic rings. The zero-order chi connectivity index (χ0) is 26.6. The van der Waals surface area contributed by atoms with Crippen molar-refractivity contribution in [3.8, 4) is 11.5 Å². The smallest absolute Gasteiger partial charge is 0.335 e. The van der Waals surface area contributed by atoms with Crippen molar-refractivity contribution in [2.45, 2.75) is 45.4 Å². The summed E-state index contributed by atoms with van der Waals surface area (Å²) in [4.78, 5) is 31.0. The van der Waals surface area contributed by atoms with Gasteiger partial charge in [0.2, 0.25) is 0 Å². The Hall–Kier alpha value is -3.52. The molecule has 1 saturated heterocycles. The highest BCUT2D eigenvalue weighted by Gasteiger charge is 2.32. The molecule has 1 N–H and O–H groups in total. The van der Waals surface area contributed by atoms with E-state index in [1.54, 1.807) is 31.4 Å². The number of rotatable bonds is 14. The van der Waals surface area contributed by atoms with Gasteiger partial charge in [-0.3, -0.25) is 9.69 Å². The van der Waals surface area contributed by atoms with Crippen molar-refractivity contribution in [3.05, 3.63) is 71.2 Å². The highest BCUT2D eigenvalue weighted by Crippen LogP contribution is 2.36. The van der Waals surface area contributed by atoms with Gasteiger partial charge in [-0.15, -0.1) is 6.58 Å². The Kier molecular flexibility index (Phi) is 10.8. The highest BCUT2D eigenvalue weighted by molar-refractivity contribution is 8.18. The molecule has 0 saturated carbocycles. The van der Waals surface area contributed by atoms with Gasteiger partial charge in [0.15, 0.2) is 16.7 Å². The number of unbranched alkanes of at least 4 members (excludes halogenated alkanes) is 5. The minimum Gasteiger partial charge on any atom is -0.493 e. The van der Waals surface area contributed by atoms with Crippen molar-refractivity contribution in [2.24, 2.45) is 4.99 Å². The number of carbonyl (C=O) groups excluding carboxylic acids is 1. The molecule has 0 spiro atoms. The third-order valence-electron chi connectivity index (χ3n) is 5.76. The number of carboxylic acids is 1. The van der Waals surface area contributed by atoms with Crippen molar-refractivity contribution < 1.29 is 24.2 Å². The first-order chi connectivity index (χ1) is 18.0. The normalized spacial score (nSPS) is 15.4. The van der Waals surface area contributed by atoms with Gasteiger partial charge in [-0.05, 0) is 60.2 Å². The second kappa shape index (κ2) is 14.3. The molecule has 8 heteroatoms. The topological polar surface area (TPSA) is 88.4 Å². The predicted octanol–water partition coefficient (Wildman–Crippen LogP) is 6.92. The molecule has 1 aliphatic heterocycles. The lowest BCUT2D eigenvalue weighted by molar-refractivity contribution is -0.121. The third-order valence-corrected chi connectivity index (χ3v) is 6.77. The van der Waals surface area contributed by atoms with Crippen LogP contribution < -0.4 is 9.47 Å². The summed E-state index contributed by atoms with van der Waals surface area (Å²) >= 11 is 1.23. The van der Waals surface area contributed by atoms with E-state index in [4.69, 9.17) is 9.47 Å². The van der Waals surface area contributed by atoms with E-state index < -0.39 is 5.97 Å². The molecule has 37 heavy (non-hydrogen) atoms. The molecule has 196 valence electrons. The number of amidine groups is 1. The molecule has 7 nitrogen and oxygen atoms in total. The van der Waals surface area contributed by atoms with E-state index in [1.165, 1.54) is 54.5 Å². The maximum Gasteiger partial charge on any atom is 0.335 e. The predicted molar refractivity (Wildman–Crippen MR) is 150 cm³/mol. The van der Waals surface area contributed by atoms with Crippen LogP contribution in [0.25, 0.3) is 6.08 Å². The number of hydrogen-bond donors (Lipinski definition) is 1. The summed E-state index contributed by atoms with van der Waals surface area (Å²) in [6, 6.07) is 11.9. The lowest BCUT2D eigenvalue weighted by atomic mass is 10.1. The number of aliphatic imine (C=N–C) groups is 1. The summed E-state index contributed by atoms with van der Waals surface area (Å²) < 4.78 is 11.5. The number of nitrogens with zero attached hydrogens (tertiary/aromatic N) is 2. The van der Waals surface area contributed by atoms with Crippen molar-refractivity contribution >= 4 is 40.6 Å². The van der Waals surface area contributed by atoms with Crippen LogP contribution in [0.2, 0.25) is 0 Å². The van der Waals surface area contributed by atoms with Gasteiger partial charge in [-0.1, -0.05) is 57.2 Å². The van der Waals surface area contributed by atoms with E-state index >= 15 is 0 Å². The molecule has 1 heterocycles. The lowest BCUT2D eigenvalue weighted by Crippen LogP contribution is -2.29. The Labute approximate surface area is 222 Å². The number of hydrogen-bond acceptors (Lipinski definition) is 6. The molecule has 0 unspecified atom stereocenters. The Morgan fingerprint density at radius 3 is 2.62 bits per heavy atom. The monoisotopic (exact) mass is 522 g/mol. The summed E-state index contributed by atoms with van der Waals surface area (Å²) in [7, 11) is 1.60. The second-order valence-electron chi connectivity index (χ2n) is 8.59. The number of ether oxygens (including phenoxy) is 2. The maximum absolute atomic E-state index is 13.1. The minimum atomic E-state index is -1.03. The summed E-state index contributed by atoms with van der Waals surface area (Å²) in [6.07, 6.45) is 10.6. The van der Waals surface area contributed by atoms with Crippen LogP contribution in [-0.4, -0.2) is 47.3 Å². The largest absolute Gasteiger partial charge is 0.493 e. The van der Waals surface area contributed by atoms with Crippen LogP contribution in [0.3, 0.4) is 0 Å². The Bertz CT molecular complexity index is 1170. The van der Waals surface area contributed by atoms with E-state index in [2.05, 4.69) is 18.5 Å². The fraction of sp³-hybridized carbons (Fsp3) is 0.345. The number of methoxy groups -OCH3 is 1. The number of thioether (sulfide) groups is 1. The van der Waals surface area contributed by atoms with Gasteiger partial charge in [0.05, 0.1) is 29.9 Å². The van der Waals surface area contributed by atoms with E-state index in [9.17, 15) is 14.7 Å². The molecular formula is C29H34N2O5S. The molecule has 2 aromatic carbocycles. The summed E-state index contributed by atoms with van der Waals surface area (Å²) in [5.74, 6) is 0.0602. The molecule has 3 rings (SSSR count). The van der Waals surface area contributed by atoms with Crippen LogP contribution in [0.15, 0.2) is 65.0 Å².